The van der Waals surface area contributed by atoms with E-state index in [1.54, 1.807) is 9.80 Å². The van der Waals surface area contributed by atoms with Gasteiger partial charge in [0.15, 0.2) is 0 Å². The second-order valence-electron chi connectivity index (χ2n) is 6.70. The Balaban J connectivity index is 1.67. The number of aliphatic hydroxyl groups is 1. The van der Waals surface area contributed by atoms with Gasteiger partial charge >= 0.3 is 0 Å². The van der Waals surface area contributed by atoms with E-state index in [-0.39, 0.29) is 0 Å². The zero-order valence-electron chi connectivity index (χ0n) is 14.7. The SMILES string of the molecule is CCCCCCOc1ccc(C[NH+]2CC[NH+](CCO)CC2)cc1. The van der Waals surface area contributed by atoms with Gasteiger partial charge in [0.1, 0.15) is 45.0 Å². The van der Waals surface area contributed by atoms with Crippen molar-refractivity contribution in [2.45, 2.75) is 39.2 Å². The van der Waals surface area contributed by atoms with Gasteiger partial charge < -0.3 is 19.6 Å². The predicted octanol–water partition coefficient (Wildman–Crippen LogP) is -0.0786. The van der Waals surface area contributed by atoms with Crippen LogP contribution in [0.4, 0.5) is 0 Å². The molecule has 4 heteroatoms. The molecule has 0 atom stereocenters. The van der Waals surface area contributed by atoms with E-state index in [1.807, 2.05) is 0 Å². The number of quaternary nitrogens is 2. The first-order chi connectivity index (χ1) is 11.3. The second-order valence-corrected chi connectivity index (χ2v) is 6.70. The molecular weight excluding hydrogens is 288 g/mol. The van der Waals surface area contributed by atoms with Gasteiger partial charge in [-0.25, -0.2) is 0 Å². The number of hydrogen-bond donors (Lipinski definition) is 3. The normalized spacial score (nSPS) is 21.3. The van der Waals surface area contributed by atoms with Crippen LogP contribution >= 0.6 is 0 Å². The number of hydrogen-bond acceptors (Lipinski definition) is 2. The van der Waals surface area contributed by atoms with Crippen LogP contribution in [-0.2, 0) is 6.54 Å². The average Bonchev–Trinajstić information content (AvgIpc) is 2.58. The minimum absolute atomic E-state index is 0.310. The van der Waals surface area contributed by atoms with E-state index in [1.165, 1.54) is 51.0 Å². The van der Waals surface area contributed by atoms with Crippen LogP contribution in [-0.4, -0.2) is 51.0 Å². The number of nitrogens with one attached hydrogen (secondary N) is 2. The van der Waals surface area contributed by atoms with Gasteiger partial charge in [-0.1, -0.05) is 26.2 Å². The number of aliphatic hydroxyl groups excluding tert-OH is 1. The Morgan fingerprint density at radius 2 is 1.65 bits per heavy atom. The molecule has 1 aliphatic heterocycles. The number of benzene rings is 1. The molecule has 0 aromatic heterocycles. The first-order valence-electron chi connectivity index (χ1n) is 9.31. The van der Waals surface area contributed by atoms with Crippen molar-refractivity contribution in [3.05, 3.63) is 29.8 Å². The standard InChI is InChI=1S/C19H32N2O2/c1-2-3-4-5-16-23-19-8-6-18(7-9-19)17-21-12-10-20(11-13-21)14-15-22/h6-9,22H,2-5,10-17H2,1H3/p+2. The Bertz CT molecular complexity index is 414. The zero-order valence-corrected chi connectivity index (χ0v) is 14.7. The van der Waals surface area contributed by atoms with Gasteiger partial charge in [0.25, 0.3) is 0 Å². The summed E-state index contributed by atoms with van der Waals surface area (Å²) in [5.74, 6) is 0.998. The van der Waals surface area contributed by atoms with Crippen molar-refractivity contribution in [3.8, 4) is 5.75 Å². The van der Waals surface area contributed by atoms with Crippen molar-refractivity contribution in [2.24, 2.45) is 0 Å². The minimum atomic E-state index is 0.310. The predicted molar refractivity (Wildman–Crippen MR) is 93.1 cm³/mol. The van der Waals surface area contributed by atoms with E-state index < -0.39 is 0 Å². The van der Waals surface area contributed by atoms with Gasteiger partial charge in [0.05, 0.1) is 13.2 Å². The largest absolute Gasteiger partial charge is 0.494 e. The summed E-state index contributed by atoms with van der Waals surface area (Å²) in [5.41, 5.74) is 1.39. The van der Waals surface area contributed by atoms with Gasteiger partial charge in [-0.2, -0.15) is 0 Å². The van der Waals surface area contributed by atoms with Gasteiger partial charge in [-0.15, -0.1) is 0 Å². The number of unbranched alkanes of at least 4 members (excludes halogenated alkanes) is 3. The molecule has 4 nitrogen and oxygen atoms in total. The Labute approximate surface area is 141 Å². The van der Waals surface area contributed by atoms with Crippen LogP contribution in [0.1, 0.15) is 38.2 Å². The molecule has 0 unspecified atom stereocenters. The Hall–Kier alpha value is -1.10. The number of rotatable bonds is 10. The van der Waals surface area contributed by atoms with Crippen molar-refractivity contribution >= 4 is 0 Å². The van der Waals surface area contributed by atoms with Crippen LogP contribution in [0, 0.1) is 0 Å². The van der Waals surface area contributed by atoms with Gasteiger partial charge in [0.2, 0.25) is 0 Å². The summed E-state index contributed by atoms with van der Waals surface area (Å²) >= 11 is 0. The highest BCUT2D eigenvalue weighted by Gasteiger charge is 2.22. The molecule has 1 aliphatic rings. The number of piperazine rings is 1. The van der Waals surface area contributed by atoms with Crippen LogP contribution in [0.15, 0.2) is 24.3 Å². The van der Waals surface area contributed by atoms with E-state index in [4.69, 9.17) is 9.84 Å². The summed E-state index contributed by atoms with van der Waals surface area (Å²) in [6, 6.07) is 8.65. The van der Waals surface area contributed by atoms with Crippen LogP contribution in [0.25, 0.3) is 0 Å². The molecule has 0 radical (unpaired) electrons. The highest BCUT2D eigenvalue weighted by atomic mass is 16.5. The lowest BCUT2D eigenvalue weighted by Crippen LogP contribution is -3.27. The number of ether oxygens (including phenoxy) is 1. The van der Waals surface area contributed by atoms with E-state index in [9.17, 15) is 0 Å². The molecule has 0 amide bonds. The minimum Gasteiger partial charge on any atom is -0.494 e. The maximum absolute atomic E-state index is 9.01. The summed E-state index contributed by atoms with van der Waals surface area (Å²) in [6.45, 7) is 10.1. The average molecular weight is 322 g/mol. The van der Waals surface area contributed by atoms with Crippen LogP contribution in [0.5, 0.6) is 5.75 Å². The second kappa shape index (κ2) is 10.6. The summed E-state index contributed by atoms with van der Waals surface area (Å²) in [5, 5.41) is 9.01. The molecular formula is C19H34N2O2+2. The maximum atomic E-state index is 9.01. The molecule has 0 spiro atoms. The van der Waals surface area contributed by atoms with Crippen molar-refractivity contribution in [1.29, 1.82) is 0 Å². The fourth-order valence-corrected chi connectivity index (χ4v) is 3.25. The summed E-state index contributed by atoms with van der Waals surface area (Å²) in [4.78, 5) is 3.20. The third-order valence-corrected chi connectivity index (χ3v) is 4.77. The first-order valence-corrected chi connectivity index (χ1v) is 9.31. The van der Waals surface area contributed by atoms with Gasteiger partial charge in [-0.05, 0) is 30.7 Å². The Morgan fingerprint density at radius 3 is 2.30 bits per heavy atom. The van der Waals surface area contributed by atoms with Crippen LogP contribution in [0.3, 0.4) is 0 Å². The molecule has 1 aromatic carbocycles. The third kappa shape index (κ3) is 6.90. The smallest absolute Gasteiger partial charge is 0.127 e. The molecule has 0 saturated carbocycles. The van der Waals surface area contributed by atoms with Gasteiger partial charge in [-0.3, -0.25) is 0 Å². The highest BCUT2D eigenvalue weighted by molar-refractivity contribution is 5.26. The maximum Gasteiger partial charge on any atom is 0.127 e. The molecule has 1 aromatic rings. The molecule has 2 rings (SSSR count). The van der Waals surface area contributed by atoms with Crippen molar-refractivity contribution in [2.75, 3.05) is 45.9 Å². The van der Waals surface area contributed by atoms with E-state index >= 15 is 0 Å². The van der Waals surface area contributed by atoms with Gasteiger partial charge in [0, 0.05) is 5.56 Å². The van der Waals surface area contributed by atoms with Crippen LogP contribution in [0.2, 0.25) is 0 Å². The molecule has 23 heavy (non-hydrogen) atoms. The topological polar surface area (TPSA) is 38.3 Å². The molecule has 1 saturated heterocycles. The van der Waals surface area contributed by atoms with E-state index in [0.29, 0.717) is 6.61 Å². The van der Waals surface area contributed by atoms with E-state index in [0.717, 1.165) is 31.9 Å². The zero-order chi connectivity index (χ0) is 16.3. The van der Waals surface area contributed by atoms with Crippen LogP contribution < -0.4 is 14.5 Å². The first kappa shape index (κ1) is 18.2. The lowest BCUT2D eigenvalue weighted by molar-refractivity contribution is -1.02. The molecule has 1 heterocycles. The molecule has 0 bridgehead atoms. The lowest BCUT2D eigenvalue weighted by Gasteiger charge is -2.29. The third-order valence-electron chi connectivity index (χ3n) is 4.77. The molecule has 3 N–H and O–H groups in total. The molecule has 130 valence electrons. The highest BCUT2D eigenvalue weighted by Crippen LogP contribution is 2.12. The summed E-state index contributed by atoms with van der Waals surface area (Å²) < 4.78 is 5.80. The Morgan fingerprint density at radius 1 is 0.957 bits per heavy atom. The van der Waals surface area contributed by atoms with Crippen molar-refractivity contribution in [3.63, 3.8) is 0 Å². The molecule has 0 aliphatic carbocycles. The fraction of sp³-hybridized carbons (Fsp3) is 0.684. The fourth-order valence-electron chi connectivity index (χ4n) is 3.25. The summed E-state index contributed by atoms with van der Waals surface area (Å²) in [7, 11) is 0. The van der Waals surface area contributed by atoms with Crippen molar-refractivity contribution in [1.82, 2.24) is 0 Å². The summed E-state index contributed by atoms with van der Waals surface area (Å²) in [6.07, 6.45) is 4.99. The lowest BCUT2D eigenvalue weighted by atomic mass is 10.2. The van der Waals surface area contributed by atoms with Crippen molar-refractivity contribution < 1.29 is 19.6 Å². The van der Waals surface area contributed by atoms with E-state index in [2.05, 4.69) is 31.2 Å². The Kier molecular flexibility index (Phi) is 8.43. The monoisotopic (exact) mass is 322 g/mol. The quantitative estimate of drug-likeness (QED) is 0.527. The molecule has 1 fully saturated rings.